The summed E-state index contributed by atoms with van der Waals surface area (Å²) in [4.78, 5) is 4.01. The molecule has 388 valence electrons. The van der Waals surface area contributed by atoms with Gasteiger partial charge in [-0.2, -0.15) is 4.80 Å². The van der Waals surface area contributed by atoms with Gasteiger partial charge in [0.2, 0.25) is 23.6 Å². The van der Waals surface area contributed by atoms with Crippen molar-refractivity contribution in [1.82, 2.24) is 35.4 Å². The van der Waals surface area contributed by atoms with Crippen molar-refractivity contribution in [2.24, 2.45) is 0 Å². The first kappa shape index (κ1) is 54.7. The van der Waals surface area contributed by atoms with Gasteiger partial charge in [0.05, 0.1) is 16.8 Å². The Balaban J connectivity index is 0.000000186. The molecule has 10 rings (SSSR count). The molecule has 3 aromatic heterocycles. The average Bonchev–Trinajstić information content (AvgIpc) is 4.24. The standard InChI is InChI=1S/C32H32Br2N4.C30H28Br2N4O2/c1-3-5-7-23-9-13-25(14-10-23)37(26-15-11-24(12-16-26)8-6-4-2)27-17-19-28(20-18-27)38-35-31-29(33)21-22-30(34)32(31)36-38;1-29(2,3)19-11-7-17(8-12-19)25-33-35-27(37-25)21-15-24(32)22(16-23(21)31)28-36-34-26(38-28)18-9-13-20(14-10-18)30(4,5)6/h9-22H,3-8H2,1-2H3;7-16H,1-6H3. The second-order valence-electron chi connectivity index (χ2n) is 20.9. The third-order valence-corrected chi connectivity index (χ3v) is 15.8. The number of hydrogen-bond donors (Lipinski definition) is 0. The zero-order chi connectivity index (χ0) is 53.7. The van der Waals surface area contributed by atoms with Crippen LogP contribution in [0.3, 0.4) is 0 Å². The van der Waals surface area contributed by atoms with Crippen LogP contribution in [-0.4, -0.2) is 35.4 Å². The number of halogens is 4. The predicted molar refractivity (Wildman–Crippen MR) is 323 cm³/mol. The molecule has 0 unspecified atom stereocenters. The molecule has 10 nitrogen and oxygen atoms in total. The molecule has 0 saturated heterocycles. The molecule has 0 saturated carbocycles. The molecule has 0 aliphatic heterocycles. The summed E-state index contributed by atoms with van der Waals surface area (Å²) >= 11 is 14.5. The van der Waals surface area contributed by atoms with Crippen LogP contribution in [0.25, 0.3) is 62.5 Å². The molecule has 76 heavy (non-hydrogen) atoms. The van der Waals surface area contributed by atoms with E-state index in [1.54, 1.807) is 4.80 Å². The first-order valence-corrected chi connectivity index (χ1v) is 28.8. The molecule has 0 aliphatic carbocycles. The lowest BCUT2D eigenvalue weighted by atomic mass is 9.87. The minimum atomic E-state index is 0.0768. The van der Waals surface area contributed by atoms with Gasteiger partial charge in [0.25, 0.3) is 0 Å². The highest BCUT2D eigenvalue weighted by Crippen LogP contribution is 2.40. The molecule has 0 aliphatic rings. The van der Waals surface area contributed by atoms with E-state index in [0.717, 1.165) is 86.8 Å². The minimum Gasteiger partial charge on any atom is -0.416 e. The van der Waals surface area contributed by atoms with Gasteiger partial charge in [-0.3, -0.25) is 0 Å². The molecule has 0 bridgehead atoms. The van der Waals surface area contributed by atoms with Gasteiger partial charge in [0, 0.05) is 46.1 Å². The van der Waals surface area contributed by atoms with Gasteiger partial charge >= 0.3 is 0 Å². The van der Waals surface area contributed by atoms with Crippen LogP contribution in [0.5, 0.6) is 0 Å². The molecule has 7 aromatic carbocycles. The highest BCUT2D eigenvalue weighted by Gasteiger charge is 2.22. The van der Waals surface area contributed by atoms with E-state index in [-0.39, 0.29) is 10.8 Å². The summed E-state index contributed by atoms with van der Waals surface area (Å²) in [5, 5.41) is 26.6. The summed E-state index contributed by atoms with van der Waals surface area (Å²) in [6, 6.07) is 50.6. The van der Waals surface area contributed by atoms with Gasteiger partial charge in [-0.25, -0.2) is 0 Å². The number of benzene rings is 7. The third-order valence-electron chi connectivity index (χ3n) is 13.2. The van der Waals surface area contributed by atoms with Crippen LogP contribution in [0.2, 0.25) is 0 Å². The first-order valence-electron chi connectivity index (χ1n) is 25.7. The highest BCUT2D eigenvalue weighted by atomic mass is 79.9. The molecule has 14 heteroatoms. The summed E-state index contributed by atoms with van der Waals surface area (Å²) in [6.07, 6.45) is 7.09. The van der Waals surface area contributed by atoms with E-state index in [0.29, 0.717) is 23.6 Å². The molecular formula is C62H60Br4N8O2. The Hall–Kier alpha value is -6.06. The largest absolute Gasteiger partial charge is 0.416 e. The fraction of sp³-hybridized carbons (Fsp3) is 0.258. The van der Waals surface area contributed by atoms with E-state index >= 15 is 0 Å². The summed E-state index contributed by atoms with van der Waals surface area (Å²) in [6.45, 7) is 17.6. The van der Waals surface area contributed by atoms with Crippen molar-refractivity contribution < 1.29 is 8.83 Å². The number of unbranched alkanes of at least 4 members (excludes halogenated alkanes) is 2. The van der Waals surface area contributed by atoms with Crippen molar-refractivity contribution >= 4 is 91.8 Å². The quantitative estimate of drug-likeness (QED) is 0.105. The Bertz CT molecular complexity index is 3350. The second-order valence-corrected chi connectivity index (χ2v) is 24.3. The van der Waals surface area contributed by atoms with Crippen LogP contribution in [0, 0.1) is 0 Å². The van der Waals surface area contributed by atoms with Crippen molar-refractivity contribution in [3.05, 3.63) is 186 Å². The van der Waals surface area contributed by atoms with E-state index in [1.165, 1.54) is 47.9 Å². The van der Waals surface area contributed by atoms with E-state index in [4.69, 9.17) is 19.0 Å². The third kappa shape index (κ3) is 12.7. The number of hydrogen-bond acceptors (Lipinski definition) is 9. The van der Waals surface area contributed by atoms with Gasteiger partial charge in [0.15, 0.2) is 0 Å². The van der Waals surface area contributed by atoms with E-state index < -0.39 is 0 Å². The molecule has 0 spiro atoms. The smallest absolute Gasteiger partial charge is 0.249 e. The van der Waals surface area contributed by atoms with Crippen molar-refractivity contribution in [2.45, 2.75) is 105 Å². The number of aryl methyl sites for hydroxylation is 2. The van der Waals surface area contributed by atoms with Crippen molar-refractivity contribution in [2.75, 3.05) is 4.90 Å². The fourth-order valence-electron chi connectivity index (χ4n) is 8.61. The summed E-state index contributed by atoms with van der Waals surface area (Å²) in [7, 11) is 0. The number of fused-ring (bicyclic) bond motifs is 1. The number of aromatic nitrogens is 7. The van der Waals surface area contributed by atoms with Gasteiger partial charge < -0.3 is 13.7 Å². The normalized spacial score (nSPS) is 11.7. The molecular weight excluding hydrogens is 1210 g/mol. The van der Waals surface area contributed by atoms with E-state index in [9.17, 15) is 0 Å². The maximum atomic E-state index is 6.03. The average molecular weight is 1270 g/mol. The van der Waals surface area contributed by atoms with Crippen molar-refractivity contribution in [1.29, 1.82) is 0 Å². The Morgan fingerprint density at radius 3 is 1.14 bits per heavy atom. The molecule has 0 fully saturated rings. The number of anilines is 3. The van der Waals surface area contributed by atoms with Crippen LogP contribution >= 0.6 is 63.7 Å². The monoisotopic (exact) mass is 1260 g/mol. The number of rotatable bonds is 14. The second kappa shape index (κ2) is 23.7. The maximum Gasteiger partial charge on any atom is 0.249 e. The lowest BCUT2D eigenvalue weighted by molar-refractivity contribution is 0.580. The van der Waals surface area contributed by atoms with Gasteiger partial charge in [-0.15, -0.1) is 30.6 Å². The Kier molecular flexibility index (Phi) is 17.0. The van der Waals surface area contributed by atoms with E-state index in [1.807, 2.05) is 48.5 Å². The van der Waals surface area contributed by atoms with Crippen molar-refractivity contribution in [3.8, 4) is 51.5 Å². The minimum absolute atomic E-state index is 0.0768. The molecule has 10 aromatic rings. The number of nitrogens with zero attached hydrogens (tertiary/aromatic N) is 8. The highest BCUT2D eigenvalue weighted by molar-refractivity contribution is 9.11. The SMILES string of the molecule is CC(C)(C)c1ccc(-c2nnc(-c3cc(Br)c(-c4nnc(-c5ccc(C(C)(C)C)cc5)o4)cc3Br)o2)cc1.CCCCc1ccc(N(c2ccc(CCCC)cc2)c2ccc(-n3nc4c(Br)ccc(Br)c4n3)cc2)cc1. The molecule has 0 N–H and O–H groups in total. The maximum absolute atomic E-state index is 6.03. The lowest BCUT2D eigenvalue weighted by Crippen LogP contribution is -2.10. The van der Waals surface area contributed by atoms with Gasteiger partial charge in [-0.05, 0) is 220 Å². The van der Waals surface area contributed by atoms with Crippen LogP contribution in [0.15, 0.2) is 172 Å². The summed E-state index contributed by atoms with van der Waals surface area (Å²) in [5.41, 5.74) is 14.6. The zero-order valence-corrected chi connectivity index (χ0v) is 50.3. The van der Waals surface area contributed by atoms with Gasteiger partial charge in [-0.1, -0.05) is 117 Å². The molecule has 0 radical (unpaired) electrons. The molecule has 0 atom stereocenters. The van der Waals surface area contributed by atoms with Crippen LogP contribution < -0.4 is 4.90 Å². The zero-order valence-electron chi connectivity index (χ0n) is 44.0. The van der Waals surface area contributed by atoms with Crippen LogP contribution in [-0.2, 0) is 23.7 Å². The lowest BCUT2D eigenvalue weighted by Gasteiger charge is -2.26. The molecule has 3 heterocycles. The summed E-state index contributed by atoms with van der Waals surface area (Å²) in [5.74, 6) is 1.74. The Morgan fingerprint density at radius 2 is 0.789 bits per heavy atom. The van der Waals surface area contributed by atoms with Crippen LogP contribution in [0.1, 0.15) is 103 Å². The topological polar surface area (TPSA) is 112 Å². The first-order chi connectivity index (χ1) is 36.5. The Morgan fingerprint density at radius 1 is 0.434 bits per heavy atom. The van der Waals surface area contributed by atoms with E-state index in [2.05, 4.69) is 241 Å². The van der Waals surface area contributed by atoms with Gasteiger partial charge in [0.1, 0.15) is 11.0 Å². The Labute approximate surface area is 479 Å². The summed E-state index contributed by atoms with van der Waals surface area (Å²) < 4.78 is 15.5. The fourth-order valence-corrected chi connectivity index (χ4v) is 10.4. The van der Waals surface area contributed by atoms with Crippen LogP contribution in [0.4, 0.5) is 17.1 Å². The predicted octanol–water partition coefficient (Wildman–Crippen LogP) is 19.3. The molecule has 0 amide bonds. The van der Waals surface area contributed by atoms with Crippen molar-refractivity contribution in [3.63, 3.8) is 0 Å².